The summed E-state index contributed by atoms with van der Waals surface area (Å²) in [4.78, 5) is 75.1. The van der Waals surface area contributed by atoms with Crippen LogP contribution in [-0.2, 0) is 9.59 Å². The normalized spacial score (nSPS) is 23.1. The quantitative estimate of drug-likeness (QED) is 0.235. The fraction of sp³-hybridized carbons (Fsp3) is 0.442. The first kappa shape index (κ1) is 36.4. The Morgan fingerprint density at radius 3 is 2.25 bits per heavy atom. The Bertz CT molecular complexity index is 2160. The Morgan fingerprint density at radius 2 is 1.57 bits per heavy atom. The second-order valence-corrected chi connectivity index (χ2v) is 16.7. The van der Waals surface area contributed by atoms with Gasteiger partial charge in [-0.2, -0.15) is 0 Å². The van der Waals surface area contributed by atoms with Crippen molar-refractivity contribution in [2.75, 3.05) is 44.2 Å². The van der Waals surface area contributed by atoms with Crippen molar-refractivity contribution in [1.82, 2.24) is 20.0 Å². The van der Waals surface area contributed by atoms with Gasteiger partial charge in [-0.15, -0.1) is 0 Å². The largest absolute Gasteiger partial charge is 0.490 e. The van der Waals surface area contributed by atoms with Crippen molar-refractivity contribution in [3.63, 3.8) is 0 Å². The predicted molar refractivity (Wildman–Crippen MR) is 208 cm³/mol. The van der Waals surface area contributed by atoms with Gasteiger partial charge >= 0.3 is 0 Å². The maximum Gasteiger partial charge on any atom is 0.262 e. The molecule has 5 amide bonds. The number of fused-ring (bicyclic) bond motifs is 1. The first-order valence-corrected chi connectivity index (χ1v) is 20.0. The van der Waals surface area contributed by atoms with E-state index >= 15 is 0 Å². The third kappa shape index (κ3) is 6.60. The number of nitrogens with zero attached hydrogens (tertiary/aromatic N) is 5. The van der Waals surface area contributed by atoms with E-state index in [1.54, 1.807) is 30.3 Å². The highest BCUT2D eigenvalue weighted by Crippen LogP contribution is 2.53. The van der Waals surface area contributed by atoms with Crippen LogP contribution in [0.15, 0.2) is 60.7 Å². The molecule has 1 saturated carbocycles. The molecular weight excluding hydrogens is 732 g/mol. The van der Waals surface area contributed by atoms with Gasteiger partial charge in [0.15, 0.2) is 0 Å². The Hall–Kier alpha value is -5.25. The number of imide groups is 2. The van der Waals surface area contributed by atoms with E-state index < -0.39 is 23.8 Å². The molecule has 1 N–H and O–H groups in total. The lowest BCUT2D eigenvalue weighted by molar-refractivity contribution is -0.136. The van der Waals surface area contributed by atoms with E-state index in [1.807, 2.05) is 23.1 Å². The minimum atomic E-state index is -0.963. The van der Waals surface area contributed by atoms with E-state index in [4.69, 9.17) is 22.9 Å². The van der Waals surface area contributed by atoms with Crippen LogP contribution in [0.2, 0.25) is 5.02 Å². The van der Waals surface area contributed by atoms with Crippen molar-refractivity contribution >= 4 is 52.5 Å². The fourth-order valence-corrected chi connectivity index (χ4v) is 9.84. The third-order valence-electron chi connectivity index (χ3n) is 13.1. The highest BCUT2D eigenvalue weighted by molar-refractivity contribution is 6.33. The predicted octanol–water partition coefficient (Wildman–Crippen LogP) is 5.82. The molecule has 9 rings (SSSR count). The summed E-state index contributed by atoms with van der Waals surface area (Å²) in [5.41, 5.74) is 4.30. The molecular formula is C43H43ClN6O6. The van der Waals surface area contributed by atoms with Crippen LogP contribution in [0.4, 0.5) is 11.4 Å². The van der Waals surface area contributed by atoms with E-state index in [1.165, 1.54) is 18.4 Å². The smallest absolute Gasteiger partial charge is 0.262 e. The fourth-order valence-electron chi connectivity index (χ4n) is 9.62. The minimum absolute atomic E-state index is 0.00304. The number of benzene rings is 3. The van der Waals surface area contributed by atoms with Crippen molar-refractivity contribution in [3.05, 3.63) is 99.4 Å². The molecule has 1 spiro atoms. The van der Waals surface area contributed by atoms with Gasteiger partial charge in [-0.1, -0.05) is 29.8 Å². The van der Waals surface area contributed by atoms with Gasteiger partial charge < -0.3 is 14.5 Å². The van der Waals surface area contributed by atoms with Crippen LogP contribution in [-0.4, -0.2) is 102 Å². The molecule has 1 aliphatic carbocycles. The molecule has 6 aliphatic rings. The Kier molecular flexibility index (Phi) is 9.33. The van der Waals surface area contributed by atoms with Gasteiger partial charge in [0.25, 0.3) is 17.7 Å². The molecule has 1 atom stereocenters. The first-order chi connectivity index (χ1) is 27.1. The maximum absolute atomic E-state index is 13.3. The van der Waals surface area contributed by atoms with Crippen LogP contribution in [0.1, 0.15) is 93.9 Å². The number of hydrogen-bond donors (Lipinski definition) is 1. The molecule has 0 aromatic heterocycles. The summed E-state index contributed by atoms with van der Waals surface area (Å²) in [6.45, 7) is 12.3. The second-order valence-electron chi connectivity index (χ2n) is 16.3. The molecule has 4 saturated heterocycles. The molecule has 288 valence electrons. The van der Waals surface area contributed by atoms with Gasteiger partial charge in [0.05, 0.1) is 22.7 Å². The van der Waals surface area contributed by atoms with Gasteiger partial charge in [-0.05, 0) is 85.5 Å². The summed E-state index contributed by atoms with van der Waals surface area (Å²) in [6, 6.07) is 18.3. The van der Waals surface area contributed by atoms with Crippen molar-refractivity contribution in [2.24, 2.45) is 5.41 Å². The standard InChI is InChI=1S/C43H43ClN6O6/c1-45-36-9-7-32(21-35(36)44)56-31-12-16-48(17-13-31)40(53)27-4-2-26(3-5-27)28-24-49(25-28)30-22-43(23-30)14-18-47(19-15-43)29-6-8-33-34(20-29)42(55)50(41(33)54)37-10-11-38(51)46-39(37)52/h2-9,20-21,28,30-31,37H,10-19,22-25H2,(H,46,51,52). The van der Waals surface area contributed by atoms with Crippen LogP contribution in [0.3, 0.4) is 0 Å². The van der Waals surface area contributed by atoms with E-state index in [-0.39, 0.29) is 30.8 Å². The van der Waals surface area contributed by atoms with E-state index in [0.29, 0.717) is 63.6 Å². The molecule has 1 unspecified atom stereocenters. The molecule has 12 nitrogen and oxygen atoms in total. The van der Waals surface area contributed by atoms with E-state index in [0.717, 1.165) is 62.4 Å². The number of carbonyl (C=O) groups excluding carboxylic acids is 5. The topological polar surface area (TPSA) is 124 Å². The molecule has 3 aromatic carbocycles. The minimum Gasteiger partial charge on any atom is -0.490 e. The summed E-state index contributed by atoms with van der Waals surface area (Å²) in [5.74, 6) is -0.761. The molecule has 5 heterocycles. The molecule has 5 fully saturated rings. The van der Waals surface area contributed by atoms with Crippen LogP contribution >= 0.6 is 11.6 Å². The van der Waals surface area contributed by atoms with Crippen LogP contribution in [0.25, 0.3) is 4.85 Å². The Labute approximate surface area is 330 Å². The summed E-state index contributed by atoms with van der Waals surface area (Å²) >= 11 is 6.16. The number of amides is 5. The molecule has 0 radical (unpaired) electrons. The summed E-state index contributed by atoms with van der Waals surface area (Å²) in [7, 11) is 0. The van der Waals surface area contributed by atoms with Crippen LogP contribution < -0.4 is 15.0 Å². The lowest BCUT2D eigenvalue weighted by Crippen LogP contribution is -2.60. The zero-order valence-corrected chi connectivity index (χ0v) is 31.8. The zero-order chi connectivity index (χ0) is 38.7. The SMILES string of the molecule is [C-]#[N+]c1ccc(OC2CCN(C(=O)c3ccc(C4CN(C5CC6(CCN(c7ccc8c(c7)C(=O)N(C7CCC(=O)NC7=O)C8=O)CC6)C5)C4)cc3)CC2)cc1Cl. The van der Waals surface area contributed by atoms with Gasteiger partial charge in [-0.3, -0.25) is 39.1 Å². The van der Waals surface area contributed by atoms with Crippen molar-refractivity contribution in [2.45, 2.75) is 75.5 Å². The number of ether oxygens (including phenoxy) is 1. The average molecular weight is 775 g/mol. The van der Waals surface area contributed by atoms with Gasteiger partial charge in [-0.25, -0.2) is 4.85 Å². The average Bonchev–Trinajstić information content (AvgIpc) is 3.42. The zero-order valence-electron chi connectivity index (χ0n) is 31.0. The molecule has 5 aliphatic heterocycles. The summed E-state index contributed by atoms with van der Waals surface area (Å²) in [6.07, 6.45) is 6.27. The third-order valence-corrected chi connectivity index (χ3v) is 13.4. The summed E-state index contributed by atoms with van der Waals surface area (Å²) in [5, 5.41) is 2.63. The van der Waals surface area contributed by atoms with Crippen LogP contribution in [0.5, 0.6) is 5.75 Å². The Balaban J connectivity index is 0.716. The first-order valence-electron chi connectivity index (χ1n) is 19.7. The lowest BCUT2D eigenvalue weighted by atomic mass is 9.59. The molecule has 3 aromatic rings. The monoisotopic (exact) mass is 774 g/mol. The summed E-state index contributed by atoms with van der Waals surface area (Å²) < 4.78 is 6.10. The number of nitrogens with one attached hydrogen (secondary N) is 1. The van der Waals surface area contributed by atoms with Crippen molar-refractivity contribution < 1.29 is 28.7 Å². The van der Waals surface area contributed by atoms with E-state index in [9.17, 15) is 24.0 Å². The Morgan fingerprint density at radius 1 is 0.857 bits per heavy atom. The highest BCUT2D eigenvalue weighted by Gasteiger charge is 2.50. The van der Waals surface area contributed by atoms with Crippen LogP contribution in [0, 0.1) is 12.0 Å². The molecule has 13 heteroatoms. The number of anilines is 1. The van der Waals surface area contributed by atoms with Crippen molar-refractivity contribution in [3.8, 4) is 5.75 Å². The second kappa shape index (κ2) is 14.4. The number of halogens is 1. The number of rotatable bonds is 7. The number of carbonyl (C=O) groups is 5. The highest BCUT2D eigenvalue weighted by atomic mass is 35.5. The molecule has 56 heavy (non-hydrogen) atoms. The van der Waals surface area contributed by atoms with E-state index in [2.05, 4.69) is 32.1 Å². The number of hydrogen-bond acceptors (Lipinski definition) is 8. The van der Waals surface area contributed by atoms with Gasteiger partial charge in [0.1, 0.15) is 17.9 Å². The lowest BCUT2D eigenvalue weighted by Gasteiger charge is -2.58. The maximum atomic E-state index is 13.3. The molecule has 0 bridgehead atoms. The number of likely N-dealkylation sites (tertiary alicyclic amines) is 2. The van der Waals surface area contributed by atoms with Crippen molar-refractivity contribution in [1.29, 1.82) is 0 Å². The van der Waals surface area contributed by atoms with Gasteiger partial charge in [0, 0.05) is 81.7 Å². The number of piperidine rings is 3. The van der Waals surface area contributed by atoms with Gasteiger partial charge in [0.2, 0.25) is 17.5 Å².